The molecular weight excluding hydrogens is 800 g/mol. The van der Waals surface area contributed by atoms with Crippen molar-refractivity contribution in [1.82, 2.24) is 0 Å². The van der Waals surface area contributed by atoms with Gasteiger partial charge in [0.25, 0.3) is 0 Å². The molecule has 0 spiro atoms. The van der Waals surface area contributed by atoms with Crippen LogP contribution in [0.4, 0.5) is 58.7 Å². The van der Waals surface area contributed by atoms with E-state index in [0.717, 1.165) is 54.6 Å². The summed E-state index contributed by atoms with van der Waals surface area (Å²) in [6.07, 6.45) is 0. The SMILES string of the molecule is O=S(=O)(Oc1cc(N(c2ccccc2)c2ccccc2)c2sc3ccc(N(c4ccccc4)c4ccccc4)cc3c2c1)C(F)(F)F.c1ccc(Nc2ccccc2)cc1. The van der Waals surface area contributed by atoms with Crippen LogP contribution in [-0.2, 0) is 10.1 Å². The smallest absolute Gasteiger partial charge is 0.376 e. The molecule has 0 saturated heterocycles. The van der Waals surface area contributed by atoms with E-state index < -0.39 is 21.4 Å². The molecule has 1 N–H and O–H groups in total. The Kier molecular flexibility index (Phi) is 11.5. The molecule has 1 aromatic heterocycles. The van der Waals surface area contributed by atoms with Crippen molar-refractivity contribution in [3.63, 3.8) is 0 Å². The van der Waals surface area contributed by atoms with Crippen LogP contribution in [0.5, 0.6) is 5.75 Å². The molecule has 60 heavy (non-hydrogen) atoms. The molecule has 0 aliphatic rings. The summed E-state index contributed by atoms with van der Waals surface area (Å²) in [7, 11) is -5.94. The van der Waals surface area contributed by atoms with Crippen molar-refractivity contribution >= 4 is 87.1 Å². The van der Waals surface area contributed by atoms with E-state index in [1.54, 1.807) is 0 Å². The zero-order valence-corrected chi connectivity index (χ0v) is 33.4. The molecule has 0 fully saturated rings. The fraction of sp³-hybridized carbons (Fsp3) is 0.0204. The molecule has 9 aromatic rings. The minimum Gasteiger partial charge on any atom is -0.376 e. The summed E-state index contributed by atoms with van der Waals surface area (Å²) in [4.78, 5) is 3.96. The van der Waals surface area contributed by atoms with Gasteiger partial charge in [-0.05, 0) is 97.1 Å². The topological polar surface area (TPSA) is 61.9 Å². The van der Waals surface area contributed by atoms with Crippen LogP contribution in [0.15, 0.2) is 212 Å². The monoisotopic (exact) mass is 835 g/mol. The summed E-state index contributed by atoms with van der Waals surface area (Å²) < 4.78 is 71.6. The lowest BCUT2D eigenvalue weighted by molar-refractivity contribution is -0.0500. The quantitative estimate of drug-likeness (QED) is 0.109. The third-order valence-corrected chi connectivity index (χ3v) is 11.6. The Morgan fingerprint density at radius 1 is 0.467 bits per heavy atom. The van der Waals surface area contributed by atoms with Crippen LogP contribution in [0, 0.1) is 0 Å². The van der Waals surface area contributed by atoms with Gasteiger partial charge in [0.1, 0.15) is 5.75 Å². The maximum atomic E-state index is 13.6. The molecule has 0 saturated carbocycles. The molecule has 0 unspecified atom stereocenters. The van der Waals surface area contributed by atoms with Gasteiger partial charge in [-0.15, -0.1) is 11.3 Å². The highest BCUT2D eigenvalue weighted by Crippen LogP contribution is 2.48. The van der Waals surface area contributed by atoms with Crippen LogP contribution in [-0.4, -0.2) is 13.9 Å². The molecule has 0 aliphatic carbocycles. The van der Waals surface area contributed by atoms with Crippen LogP contribution >= 0.6 is 11.3 Å². The molecule has 1 heterocycles. The molecular formula is C49H36F3N3O3S2. The van der Waals surface area contributed by atoms with Crippen molar-refractivity contribution < 1.29 is 25.8 Å². The molecule has 0 amide bonds. The maximum absolute atomic E-state index is 13.6. The van der Waals surface area contributed by atoms with Crippen molar-refractivity contribution in [1.29, 1.82) is 0 Å². The van der Waals surface area contributed by atoms with E-state index in [4.69, 9.17) is 4.18 Å². The number of para-hydroxylation sites is 6. The maximum Gasteiger partial charge on any atom is 0.534 e. The van der Waals surface area contributed by atoms with Gasteiger partial charge in [0, 0.05) is 61.4 Å². The third-order valence-electron chi connectivity index (χ3n) is 9.39. The Balaban J connectivity index is 0.000000326. The molecule has 11 heteroatoms. The average Bonchev–Trinajstić information content (AvgIpc) is 3.64. The summed E-state index contributed by atoms with van der Waals surface area (Å²) in [5.74, 6) is -0.449. The number of hydrogen-bond donors (Lipinski definition) is 1. The number of hydrogen-bond acceptors (Lipinski definition) is 7. The van der Waals surface area contributed by atoms with E-state index in [2.05, 4.69) is 10.2 Å². The second kappa shape index (κ2) is 17.4. The molecule has 0 aliphatic heterocycles. The zero-order valence-electron chi connectivity index (χ0n) is 31.8. The first-order valence-corrected chi connectivity index (χ1v) is 21.1. The Bertz CT molecular complexity index is 2810. The predicted octanol–water partition coefficient (Wildman–Crippen LogP) is 14.7. The Morgan fingerprint density at radius 2 is 0.883 bits per heavy atom. The molecule has 8 aromatic carbocycles. The number of thiophene rings is 1. The number of halogens is 3. The third kappa shape index (κ3) is 8.82. The van der Waals surface area contributed by atoms with Gasteiger partial charge >= 0.3 is 15.6 Å². The van der Waals surface area contributed by atoms with Gasteiger partial charge in [-0.3, -0.25) is 0 Å². The van der Waals surface area contributed by atoms with Gasteiger partial charge in [-0.2, -0.15) is 21.6 Å². The number of anilines is 8. The van der Waals surface area contributed by atoms with Crippen LogP contribution in [0.1, 0.15) is 0 Å². The first kappa shape index (κ1) is 39.7. The fourth-order valence-corrected chi connectivity index (χ4v) is 8.35. The van der Waals surface area contributed by atoms with Crippen LogP contribution < -0.4 is 19.3 Å². The van der Waals surface area contributed by atoms with E-state index in [1.807, 2.05) is 205 Å². The first-order chi connectivity index (χ1) is 29.1. The molecule has 0 radical (unpaired) electrons. The van der Waals surface area contributed by atoms with Crippen molar-refractivity contribution in [2.24, 2.45) is 0 Å². The number of nitrogens with zero attached hydrogens (tertiary/aromatic N) is 2. The zero-order chi connectivity index (χ0) is 41.5. The van der Waals surface area contributed by atoms with Gasteiger partial charge in [-0.25, -0.2) is 0 Å². The Hall–Kier alpha value is -7.08. The minimum atomic E-state index is -5.94. The Labute approximate surface area is 350 Å². The van der Waals surface area contributed by atoms with Crippen LogP contribution in [0.3, 0.4) is 0 Å². The van der Waals surface area contributed by atoms with Crippen molar-refractivity contribution in [3.8, 4) is 5.75 Å². The second-order valence-electron chi connectivity index (χ2n) is 13.5. The van der Waals surface area contributed by atoms with Gasteiger partial charge < -0.3 is 19.3 Å². The standard InChI is InChI=1S/C37H25F3N2O3S2.C12H11N/c38-37(39,40)47(43,44)45-31-24-33-32-23-30(41(26-13-5-1-6-14-26)27-15-7-2-8-16-27)21-22-35(32)46-36(33)34(25-31)42(28-17-9-3-10-18-28)29-19-11-4-12-20-29;1-3-7-11(8-4-1)13-12-9-5-2-6-10-12/h1-25H;1-10,13H. The van der Waals surface area contributed by atoms with E-state index in [0.29, 0.717) is 11.1 Å². The molecule has 6 nitrogen and oxygen atoms in total. The van der Waals surface area contributed by atoms with Crippen LogP contribution in [0.25, 0.3) is 20.2 Å². The number of benzene rings is 8. The lowest BCUT2D eigenvalue weighted by Gasteiger charge is -2.26. The lowest BCUT2D eigenvalue weighted by atomic mass is 10.1. The predicted molar refractivity (Wildman–Crippen MR) is 240 cm³/mol. The van der Waals surface area contributed by atoms with Gasteiger partial charge in [0.05, 0.1) is 10.4 Å². The van der Waals surface area contributed by atoms with E-state index >= 15 is 0 Å². The van der Waals surface area contributed by atoms with Gasteiger partial charge in [0.15, 0.2) is 0 Å². The molecule has 0 atom stereocenters. The van der Waals surface area contributed by atoms with Gasteiger partial charge in [-0.1, -0.05) is 109 Å². The normalized spacial score (nSPS) is 11.4. The molecule has 0 bridgehead atoms. The number of rotatable bonds is 10. The number of fused-ring (bicyclic) bond motifs is 3. The number of alkyl halides is 3. The van der Waals surface area contributed by atoms with Crippen LogP contribution in [0.2, 0.25) is 0 Å². The summed E-state index contributed by atoms with van der Waals surface area (Å²) in [6, 6.07) is 67.2. The average molecular weight is 836 g/mol. The highest BCUT2D eigenvalue weighted by molar-refractivity contribution is 7.88. The second-order valence-corrected chi connectivity index (χ2v) is 16.0. The van der Waals surface area contributed by atoms with E-state index in [1.165, 1.54) is 23.5 Å². The molecule has 9 rings (SSSR count). The lowest BCUT2D eigenvalue weighted by Crippen LogP contribution is -2.28. The molecule has 298 valence electrons. The summed E-state index contributed by atoms with van der Waals surface area (Å²) in [5.41, 5.74) is 1.21. The summed E-state index contributed by atoms with van der Waals surface area (Å²) in [6.45, 7) is 0. The van der Waals surface area contributed by atoms with Crippen molar-refractivity contribution in [2.75, 3.05) is 15.1 Å². The van der Waals surface area contributed by atoms with Crippen molar-refractivity contribution in [2.45, 2.75) is 5.51 Å². The highest BCUT2D eigenvalue weighted by Gasteiger charge is 2.48. The Morgan fingerprint density at radius 3 is 1.32 bits per heavy atom. The largest absolute Gasteiger partial charge is 0.534 e. The van der Waals surface area contributed by atoms with Gasteiger partial charge in [0.2, 0.25) is 0 Å². The number of nitrogens with one attached hydrogen (secondary N) is 1. The summed E-state index contributed by atoms with van der Waals surface area (Å²) in [5, 5.41) is 4.59. The highest BCUT2D eigenvalue weighted by atomic mass is 32.2. The van der Waals surface area contributed by atoms with E-state index in [9.17, 15) is 21.6 Å². The first-order valence-electron chi connectivity index (χ1n) is 18.8. The summed E-state index contributed by atoms with van der Waals surface area (Å²) >= 11 is 1.46. The van der Waals surface area contributed by atoms with Crippen molar-refractivity contribution in [3.05, 3.63) is 212 Å². The van der Waals surface area contributed by atoms with E-state index in [-0.39, 0.29) is 0 Å². The minimum absolute atomic E-state index is 0.449. The fourth-order valence-electron chi connectivity index (χ4n) is 6.74.